The van der Waals surface area contributed by atoms with E-state index in [-0.39, 0.29) is 4.90 Å². The maximum atomic E-state index is 12.8. The fourth-order valence-electron chi connectivity index (χ4n) is 1.65. The summed E-state index contributed by atoms with van der Waals surface area (Å²) in [7, 11) is -3.67. The zero-order chi connectivity index (χ0) is 14.8. The minimum atomic E-state index is -3.67. The van der Waals surface area contributed by atoms with Crippen molar-refractivity contribution in [3.05, 3.63) is 46.2 Å². The fourth-order valence-corrected chi connectivity index (χ4v) is 3.79. The highest BCUT2D eigenvalue weighted by atomic mass is 32.2. The van der Waals surface area contributed by atoms with Gasteiger partial charge in [0.15, 0.2) is 0 Å². The van der Waals surface area contributed by atoms with Crippen LogP contribution in [0.5, 0.6) is 0 Å². The number of thiazole rings is 1. The number of sulfonamides is 1. The molecule has 0 amide bonds. The lowest BCUT2D eigenvalue weighted by Gasteiger charge is -2.11. The van der Waals surface area contributed by atoms with Gasteiger partial charge >= 0.3 is 0 Å². The Hall–Kier alpha value is -1.31. The number of nitrogens with one attached hydrogen (secondary N) is 1. The number of aromatic nitrogens is 1. The van der Waals surface area contributed by atoms with Gasteiger partial charge in [-0.05, 0) is 37.6 Å². The molecular formula is C13H15FN2O2S2. The predicted octanol–water partition coefficient (Wildman–Crippen LogP) is 2.88. The van der Waals surface area contributed by atoms with Gasteiger partial charge in [-0.2, -0.15) is 0 Å². The predicted molar refractivity (Wildman–Crippen MR) is 76.6 cm³/mol. The quantitative estimate of drug-likeness (QED) is 0.923. The van der Waals surface area contributed by atoms with Crippen molar-refractivity contribution in [3.8, 4) is 0 Å². The van der Waals surface area contributed by atoms with Crippen LogP contribution in [0.4, 0.5) is 4.39 Å². The largest absolute Gasteiger partial charge is 0.248 e. The molecule has 0 saturated carbocycles. The van der Waals surface area contributed by atoms with Crippen LogP contribution in [-0.4, -0.2) is 13.4 Å². The monoisotopic (exact) mass is 314 g/mol. The maximum Gasteiger partial charge on any atom is 0.241 e. The molecule has 4 nitrogen and oxygen atoms in total. The van der Waals surface area contributed by atoms with E-state index in [1.165, 1.54) is 23.5 Å². The summed E-state index contributed by atoms with van der Waals surface area (Å²) in [5, 5.41) is 0.715. The van der Waals surface area contributed by atoms with Crippen LogP contribution < -0.4 is 4.72 Å². The molecule has 1 N–H and O–H groups in total. The van der Waals surface area contributed by atoms with E-state index in [1.807, 2.05) is 6.92 Å². The molecule has 1 aromatic heterocycles. The number of hydrogen-bond donors (Lipinski definition) is 1. The molecule has 0 saturated heterocycles. The molecule has 1 atom stereocenters. The summed E-state index contributed by atoms with van der Waals surface area (Å²) in [4.78, 5) is 5.35. The van der Waals surface area contributed by atoms with Crippen molar-refractivity contribution in [1.29, 1.82) is 0 Å². The van der Waals surface area contributed by atoms with Crippen LogP contribution in [0.1, 0.15) is 29.8 Å². The van der Waals surface area contributed by atoms with E-state index in [4.69, 9.17) is 0 Å². The Morgan fingerprint density at radius 2 is 2.00 bits per heavy atom. The minimum Gasteiger partial charge on any atom is -0.248 e. The van der Waals surface area contributed by atoms with E-state index in [9.17, 15) is 12.8 Å². The molecule has 0 radical (unpaired) electrons. The van der Waals surface area contributed by atoms with Gasteiger partial charge in [-0.15, -0.1) is 11.3 Å². The molecule has 1 unspecified atom stereocenters. The zero-order valence-corrected chi connectivity index (χ0v) is 12.8. The number of rotatable bonds is 5. The number of nitrogens with zero attached hydrogens (tertiary/aromatic N) is 1. The van der Waals surface area contributed by atoms with E-state index in [0.717, 1.165) is 23.4 Å². The molecule has 1 aromatic carbocycles. The Kier molecular flexibility index (Phi) is 4.52. The van der Waals surface area contributed by atoms with Crippen molar-refractivity contribution in [2.45, 2.75) is 31.2 Å². The maximum absolute atomic E-state index is 12.8. The van der Waals surface area contributed by atoms with Crippen molar-refractivity contribution < 1.29 is 12.8 Å². The van der Waals surface area contributed by atoms with Crippen LogP contribution in [0.25, 0.3) is 0 Å². The number of halogens is 1. The van der Waals surface area contributed by atoms with Gasteiger partial charge in [0.1, 0.15) is 10.8 Å². The van der Waals surface area contributed by atoms with Crippen LogP contribution in [0.15, 0.2) is 35.4 Å². The van der Waals surface area contributed by atoms with E-state index >= 15 is 0 Å². The van der Waals surface area contributed by atoms with Crippen molar-refractivity contribution in [2.24, 2.45) is 0 Å². The summed E-state index contributed by atoms with van der Waals surface area (Å²) >= 11 is 1.48. The van der Waals surface area contributed by atoms with Gasteiger partial charge in [0.05, 0.1) is 10.9 Å². The highest BCUT2D eigenvalue weighted by molar-refractivity contribution is 7.89. The van der Waals surface area contributed by atoms with E-state index < -0.39 is 21.9 Å². The molecule has 0 aliphatic rings. The molecule has 0 bridgehead atoms. The average molecular weight is 314 g/mol. The lowest BCUT2D eigenvalue weighted by molar-refractivity contribution is 0.565. The zero-order valence-electron chi connectivity index (χ0n) is 11.1. The van der Waals surface area contributed by atoms with Gasteiger partial charge in [0.25, 0.3) is 0 Å². The molecule has 7 heteroatoms. The first-order chi connectivity index (χ1) is 9.42. The smallest absolute Gasteiger partial charge is 0.241 e. The van der Waals surface area contributed by atoms with E-state index in [1.54, 1.807) is 13.1 Å². The number of aryl methyl sites for hydroxylation is 1. The third-order valence-electron chi connectivity index (χ3n) is 2.75. The van der Waals surface area contributed by atoms with Crippen LogP contribution in [0.2, 0.25) is 0 Å². The highest BCUT2D eigenvalue weighted by Crippen LogP contribution is 2.22. The van der Waals surface area contributed by atoms with E-state index in [0.29, 0.717) is 5.01 Å². The van der Waals surface area contributed by atoms with E-state index in [2.05, 4.69) is 9.71 Å². The SMILES string of the molecule is CCc1cnc(C(C)NS(=O)(=O)c2ccc(F)cc2)s1. The van der Waals surface area contributed by atoms with Crippen molar-refractivity contribution in [2.75, 3.05) is 0 Å². The van der Waals surface area contributed by atoms with Crippen LogP contribution in [0, 0.1) is 5.82 Å². The van der Waals surface area contributed by atoms with Crippen LogP contribution in [0.3, 0.4) is 0 Å². The third-order valence-corrected chi connectivity index (χ3v) is 5.63. The second-order valence-corrected chi connectivity index (χ2v) is 7.18. The standard InChI is InChI=1S/C13H15FN2O2S2/c1-3-11-8-15-13(19-11)9(2)16-20(17,18)12-6-4-10(14)5-7-12/h4-9,16H,3H2,1-2H3. The van der Waals surface area contributed by atoms with Crippen molar-refractivity contribution >= 4 is 21.4 Å². The summed E-state index contributed by atoms with van der Waals surface area (Å²) in [6.07, 6.45) is 2.62. The van der Waals surface area contributed by atoms with Gasteiger partial charge in [-0.25, -0.2) is 22.5 Å². The highest BCUT2D eigenvalue weighted by Gasteiger charge is 2.20. The van der Waals surface area contributed by atoms with Crippen LogP contribution >= 0.6 is 11.3 Å². The summed E-state index contributed by atoms with van der Waals surface area (Å²) in [6, 6.07) is 4.30. The second kappa shape index (κ2) is 5.99. The molecule has 2 rings (SSSR count). The Morgan fingerprint density at radius 3 is 2.55 bits per heavy atom. The van der Waals surface area contributed by atoms with Gasteiger partial charge in [0.2, 0.25) is 10.0 Å². The molecule has 0 aliphatic carbocycles. The lowest BCUT2D eigenvalue weighted by Crippen LogP contribution is -2.26. The molecule has 0 aliphatic heterocycles. The summed E-state index contributed by atoms with van der Waals surface area (Å²) in [5.74, 6) is -0.468. The fraction of sp³-hybridized carbons (Fsp3) is 0.308. The Morgan fingerprint density at radius 1 is 1.35 bits per heavy atom. The normalized spacial score (nSPS) is 13.3. The van der Waals surface area contributed by atoms with Gasteiger partial charge < -0.3 is 0 Å². The van der Waals surface area contributed by atoms with Gasteiger partial charge in [-0.3, -0.25) is 0 Å². The molecule has 2 aromatic rings. The number of benzene rings is 1. The summed E-state index contributed by atoms with van der Waals surface area (Å²) in [5.41, 5.74) is 0. The van der Waals surface area contributed by atoms with Crippen LogP contribution in [-0.2, 0) is 16.4 Å². The molecule has 1 heterocycles. The first kappa shape index (κ1) is 15.1. The lowest BCUT2D eigenvalue weighted by atomic mass is 10.4. The van der Waals surface area contributed by atoms with Crippen molar-refractivity contribution in [1.82, 2.24) is 9.71 Å². The Balaban J connectivity index is 2.17. The molecule has 0 spiro atoms. The average Bonchev–Trinajstić information content (AvgIpc) is 2.87. The third kappa shape index (κ3) is 3.41. The molecule has 108 valence electrons. The minimum absolute atomic E-state index is 0.0398. The second-order valence-electron chi connectivity index (χ2n) is 4.32. The molecule has 0 fully saturated rings. The topological polar surface area (TPSA) is 59.1 Å². The number of hydrogen-bond acceptors (Lipinski definition) is 4. The first-order valence-electron chi connectivity index (χ1n) is 6.15. The van der Waals surface area contributed by atoms with Gasteiger partial charge in [0, 0.05) is 11.1 Å². The van der Waals surface area contributed by atoms with Gasteiger partial charge in [-0.1, -0.05) is 6.92 Å². The summed E-state index contributed by atoms with van der Waals surface area (Å²) < 4.78 is 39.7. The molecular weight excluding hydrogens is 299 g/mol. The Bertz CT molecular complexity index is 681. The van der Waals surface area contributed by atoms with Crippen molar-refractivity contribution in [3.63, 3.8) is 0 Å². The summed E-state index contributed by atoms with van der Waals surface area (Å²) in [6.45, 7) is 3.75. The Labute approximate surface area is 121 Å². The first-order valence-corrected chi connectivity index (χ1v) is 8.45. The molecule has 20 heavy (non-hydrogen) atoms.